The molecule has 7 heteroatoms. The topological polar surface area (TPSA) is 79.9 Å². The van der Waals surface area contributed by atoms with Crippen LogP contribution in [0.1, 0.15) is 69.0 Å². The number of amides is 1. The lowest BCUT2D eigenvalue weighted by molar-refractivity contribution is -0.145. The lowest BCUT2D eigenvalue weighted by Crippen LogP contribution is -2.47. The minimum absolute atomic E-state index is 0.00784. The van der Waals surface area contributed by atoms with Gasteiger partial charge in [-0.05, 0) is 80.8 Å². The molecule has 0 spiro atoms. The monoisotopic (exact) mass is 479 g/mol. The third kappa shape index (κ3) is 5.40. The fourth-order valence-corrected chi connectivity index (χ4v) is 5.79. The lowest BCUT2D eigenvalue weighted by atomic mass is 9.96. The van der Waals surface area contributed by atoms with Crippen LogP contribution in [-0.2, 0) is 20.7 Å². The van der Waals surface area contributed by atoms with Crippen molar-refractivity contribution in [3.8, 4) is 5.75 Å². The Morgan fingerprint density at radius 1 is 1.29 bits per heavy atom. The van der Waals surface area contributed by atoms with Crippen molar-refractivity contribution in [1.82, 2.24) is 15.5 Å². The van der Waals surface area contributed by atoms with E-state index in [2.05, 4.69) is 28.9 Å². The van der Waals surface area contributed by atoms with Gasteiger partial charge in [-0.25, -0.2) is 0 Å². The van der Waals surface area contributed by atoms with E-state index in [4.69, 9.17) is 9.47 Å². The maximum atomic E-state index is 13.5. The minimum atomic E-state index is -0.315. The van der Waals surface area contributed by atoms with E-state index in [1.165, 1.54) is 23.3 Å². The number of benzene rings is 1. The first kappa shape index (κ1) is 23.9. The van der Waals surface area contributed by atoms with Crippen LogP contribution in [0.3, 0.4) is 0 Å². The van der Waals surface area contributed by atoms with E-state index >= 15 is 0 Å². The molecule has 7 nitrogen and oxygen atoms in total. The standard InChI is InChI=1S/C28H37N3O4/c1-2-34-26(32)18-24(22-9-8-19-13-16-35-25(19)17-22)31-15-12-21(28(31)33)5-3-7-23-11-10-20-6-4-14-29-27(20)30-23/h8-11,17,21,24,27,29-30H,2-7,12-16,18H2,1H3/t21-,24+,27?/m1/s1. The molecule has 1 aromatic carbocycles. The number of nitrogens with one attached hydrogen (secondary N) is 2. The molecule has 0 aliphatic carbocycles. The third-order valence-electron chi connectivity index (χ3n) is 7.69. The summed E-state index contributed by atoms with van der Waals surface area (Å²) in [5.74, 6) is 0.766. The van der Waals surface area contributed by atoms with Crippen LogP contribution >= 0.6 is 0 Å². The quantitative estimate of drug-likeness (QED) is 0.525. The van der Waals surface area contributed by atoms with Gasteiger partial charge in [-0.15, -0.1) is 0 Å². The van der Waals surface area contributed by atoms with E-state index in [0.717, 1.165) is 56.4 Å². The Kier molecular flexibility index (Phi) is 7.42. The summed E-state index contributed by atoms with van der Waals surface area (Å²) in [6, 6.07) is 5.81. The van der Waals surface area contributed by atoms with Crippen molar-refractivity contribution in [2.45, 2.75) is 70.5 Å². The van der Waals surface area contributed by atoms with Crippen molar-refractivity contribution in [2.75, 3.05) is 26.3 Å². The molecular formula is C28H37N3O4. The molecule has 5 rings (SSSR count). The van der Waals surface area contributed by atoms with Gasteiger partial charge in [0.2, 0.25) is 5.91 Å². The zero-order chi connectivity index (χ0) is 24.2. The Hall–Kier alpha value is -2.80. The molecule has 35 heavy (non-hydrogen) atoms. The highest BCUT2D eigenvalue weighted by atomic mass is 16.5. The van der Waals surface area contributed by atoms with Crippen LogP contribution in [0.4, 0.5) is 0 Å². The number of rotatable bonds is 9. The molecule has 0 aromatic heterocycles. The van der Waals surface area contributed by atoms with Crippen molar-refractivity contribution in [2.24, 2.45) is 5.92 Å². The van der Waals surface area contributed by atoms with Crippen LogP contribution < -0.4 is 15.4 Å². The van der Waals surface area contributed by atoms with Gasteiger partial charge < -0.3 is 19.7 Å². The molecule has 188 valence electrons. The number of esters is 1. The number of piperidine rings is 1. The first-order chi connectivity index (χ1) is 17.1. The van der Waals surface area contributed by atoms with Gasteiger partial charge >= 0.3 is 5.97 Å². The van der Waals surface area contributed by atoms with E-state index in [1.807, 2.05) is 24.0 Å². The van der Waals surface area contributed by atoms with E-state index < -0.39 is 0 Å². The summed E-state index contributed by atoms with van der Waals surface area (Å²) in [5, 5.41) is 7.15. The molecule has 3 atom stereocenters. The summed E-state index contributed by atoms with van der Waals surface area (Å²) in [4.78, 5) is 27.8. The Morgan fingerprint density at radius 2 is 2.20 bits per heavy atom. The number of carbonyl (C=O) groups excluding carboxylic acids is 2. The maximum absolute atomic E-state index is 13.5. The number of allylic oxidation sites excluding steroid dienone is 3. The Balaban J connectivity index is 1.21. The highest BCUT2D eigenvalue weighted by Crippen LogP contribution is 2.37. The van der Waals surface area contributed by atoms with Gasteiger partial charge in [0.15, 0.2) is 0 Å². The second-order valence-corrected chi connectivity index (χ2v) is 9.97. The van der Waals surface area contributed by atoms with E-state index in [-0.39, 0.29) is 36.4 Å². The van der Waals surface area contributed by atoms with Crippen LogP contribution in [0.2, 0.25) is 0 Å². The highest BCUT2D eigenvalue weighted by Gasteiger charge is 2.37. The molecule has 1 amide bonds. The summed E-state index contributed by atoms with van der Waals surface area (Å²) in [6.07, 6.45) is 11.8. The van der Waals surface area contributed by atoms with Crippen LogP contribution in [0.5, 0.6) is 5.75 Å². The zero-order valence-corrected chi connectivity index (χ0v) is 20.7. The van der Waals surface area contributed by atoms with Crippen LogP contribution in [-0.4, -0.2) is 49.2 Å². The average Bonchev–Trinajstić information content (AvgIpc) is 3.49. The molecule has 1 unspecified atom stereocenters. The molecule has 0 radical (unpaired) electrons. The SMILES string of the molecule is CCOC(=O)C[C@@H](c1ccc2c(c1)OCC2)N1CC[C@@H](CCCC2=CC=C3CCCNC3N2)C1=O. The van der Waals surface area contributed by atoms with Crippen LogP contribution in [0.25, 0.3) is 0 Å². The molecule has 2 N–H and O–H groups in total. The van der Waals surface area contributed by atoms with Gasteiger partial charge in [-0.1, -0.05) is 18.2 Å². The summed E-state index contributed by atoms with van der Waals surface area (Å²) < 4.78 is 11.0. The summed E-state index contributed by atoms with van der Waals surface area (Å²) in [5.41, 5.74) is 4.82. The normalized spacial score (nSPS) is 24.0. The van der Waals surface area contributed by atoms with Gasteiger partial charge in [0, 0.05) is 24.6 Å². The average molecular weight is 480 g/mol. The second-order valence-electron chi connectivity index (χ2n) is 9.97. The molecule has 0 saturated carbocycles. The highest BCUT2D eigenvalue weighted by molar-refractivity contribution is 5.82. The molecule has 1 aromatic rings. The van der Waals surface area contributed by atoms with Crippen LogP contribution in [0, 0.1) is 5.92 Å². The molecule has 0 bridgehead atoms. The van der Waals surface area contributed by atoms with Gasteiger partial charge in [0.1, 0.15) is 5.75 Å². The number of fused-ring (bicyclic) bond motifs is 2. The maximum Gasteiger partial charge on any atom is 0.308 e. The predicted octanol–water partition coefficient (Wildman–Crippen LogP) is 3.76. The van der Waals surface area contributed by atoms with Gasteiger partial charge in [0.25, 0.3) is 0 Å². The number of hydrogen-bond donors (Lipinski definition) is 2. The molecule has 4 heterocycles. The van der Waals surface area contributed by atoms with Crippen LogP contribution in [0.15, 0.2) is 41.6 Å². The first-order valence-corrected chi connectivity index (χ1v) is 13.2. The fraction of sp³-hybridized carbons (Fsp3) is 0.571. The van der Waals surface area contributed by atoms with Crippen molar-refractivity contribution < 1.29 is 19.1 Å². The molecule has 4 aliphatic rings. The number of dihydropyridines is 1. The summed E-state index contributed by atoms with van der Waals surface area (Å²) >= 11 is 0. The largest absolute Gasteiger partial charge is 0.493 e. The van der Waals surface area contributed by atoms with Crippen molar-refractivity contribution in [3.63, 3.8) is 0 Å². The Morgan fingerprint density at radius 3 is 3.09 bits per heavy atom. The number of ether oxygens (including phenoxy) is 2. The molecule has 4 aliphatic heterocycles. The second kappa shape index (κ2) is 10.9. The van der Waals surface area contributed by atoms with Crippen molar-refractivity contribution >= 4 is 11.9 Å². The summed E-state index contributed by atoms with van der Waals surface area (Å²) in [7, 11) is 0. The van der Waals surface area contributed by atoms with E-state index in [1.54, 1.807) is 0 Å². The number of likely N-dealkylation sites (tertiary alicyclic amines) is 1. The smallest absolute Gasteiger partial charge is 0.308 e. The zero-order valence-electron chi connectivity index (χ0n) is 20.7. The Bertz CT molecular complexity index is 1020. The van der Waals surface area contributed by atoms with Crippen molar-refractivity contribution in [1.29, 1.82) is 0 Å². The first-order valence-electron chi connectivity index (χ1n) is 13.2. The molecule has 2 saturated heterocycles. The minimum Gasteiger partial charge on any atom is -0.493 e. The fourth-order valence-electron chi connectivity index (χ4n) is 5.79. The summed E-state index contributed by atoms with van der Waals surface area (Å²) in [6.45, 7) is 4.56. The Labute approximate surface area is 207 Å². The number of carbonyl (C=O) groups is 2. The third-order valence-corrected chi connectivity index (χ3v) is 7.69. The van der Waals surface area contributed by atoms with E-state index in [0.29, 0.717) is 19.8 Å². The molecule has 2 fully saturated rings. The van der Waals surface area contributed by atoms with Gasteiger partial charge in [-0.2, -0.15) is 0 Å². The lowest BCUT2D eigenvalue weighted by Gasteiger charge is -2.32. The number of nitrogens with zero attached hydrogens (tertiary/aromatic N) is 1. The van der Waals surface area contributed by atoms with Crippen molar-refractivity contribution in [3.05, 3.63) is 52.7 Å². The predicted molar refractivity (Wildman–Crippen MR) is 134 cm³/mol. The number of hydrogen-bond acceptors (Lipinski definition) is 6. The van der Waals surface area contributed by atoms with E-state index in [9.17, 15) is 9.59 Å². The van der Waals surface area contributed by atoms with Gasteiger partial charge in [-0.3, -0.25) is 14.9 Å². The van der Waals surface area contributed by atoms with Gasteiger partial charge in [0.05, 0.1) is 31.8 Å². The molecular weight excluding hydrogens is 442 g/mol.